The molecule has 0 heterocycles. The lowest BCUT2D eigenvalue weighted by atomic mass is 10.2. The van der Waals surface area contributed by atoms with E-state index in [9.17, 15) is 14.9 Å². The summed E-state index contributed by atoms with van der Waals surface area (Å²) < 4.78 is 5.32. The Hall–Kier alpha value is -3.80. The monoisotopic (exact) mass is 360 g/mol. The molecule has 0 saturated carbocycles. The summed E-state index contributed by atoms with van der Waals surface area (Å²) in [6.07, 6.45) is 1.60. The van der Waals surface area contributed by atoms with Crippen LogP contribution in [0.15, 0.2) is 77.8 Å². The van der Waals surface area contributed by atoms with Gasteiger partial charge in [0.2, 0.25) is 0 Å². The fourth-order valence-electron chi connectivity index (χ4n) is 2.29. The normalized spacial score (nSPS) is 10.7. The van der Waals surface area contributed by atoms with Crippen LogP contribution in [0.1, 0.15) is 21.5 Å². The van der Waals surface area contributed by atoms with Crippen molar-refractivity contribution in [2.24, 2.45) is 4.99 Å². The first-order valence-corrected chi connectivity index (χ1v) is 8.19. The topological polar surface area (TPSA) is 81.8 Å². The van der Waals surface area contributed by atoms with Gasteiger partial charge in [0, 0.05) is 18.3 Å². The lowest BCUT2D eigenvalue weighted by Crippen LogP contribution is -2.07. The van der Waals surface area contributed by atoms with E-state index in [0.717, 1.165) is 11.1 Å². The quantitative estimate of drug-likeness (QED) is 0.214. The van der Waals surface area contributed by atoms with Crippen molar-refractivity contribution in [2.45, 2.75) is 6.92 Å². The van der Waals surface area contributed by atoms with Crippen LogP contribution in [0.3, 0.4) is 0 Å². The zero-order chi connectivity index (χ0) is 19.2. The Morgan fingerprint density at radius 3 is 2.19 bits per heavy atom. The van der Waals surface area contributed by atoms with Gasteiger partial charge in [-0.2, -0.15) is 0 Å². The summed E-state index contributed by atoms with van der Waals surface area (Å²) in [4.78, 5) is 26.7. The van der Waals surface area contributed by atoms with Crippen LogP contribution in [0.4, 0.5) is 11.4 Å². The van der Waals surface area contributed by atoms with Gasteiger partial charge in [-0.3, -0.25) is 15.1 Å². The van der Waals surface area contributed by atoms with E-state index in [1.807, 2.05) is 19.1 Å². The molecule has 0 unspecified atom stereocenters. The van der Waals surface area contributed by atoms with E-state index in [1.165, 1.54) is 12.1 Å². The van der Waals surface area contributed by atoms with Crippen molar-refractivity contribution in [3.63, 3.8) is 0 Å². The first-order chi connectivity index (χ1) is 13.0. The van der Waals surface area contributed by atoms with Gasteiger partial charge in [0.25, 0.3) is 5.69 Å². The molecule has 0 bridgehead atoms. The van der Waals surface area contributed by atoms with Crippen molar-refractivity contribution in [3.8, 4) is 5.75 Å². The van der Waals surface area contributed by atoms with Crippen molar-refractivity contribution in [1.29, 1.82) is 0 Å². The highest BCUT2D eigenvalue weighted by molar-refractivity contribution is 5.91. The van der Waals surface area contributed by atoms with Crippen LogP contribution in [-0.4, -0.2) is 17.1 Å². The number of benzene rings is 3. The van der Waals surface area contributed by atoms with Crippen LogP contribution in [0.2, 0.25) is 0 Å². The van der Waals surface area contributed by atoms with Crippen molar-refractivity contribution in [2.75, 3.05) is 0 Å². The van der Waals surface area contributed by atoms with E-state index in [1.54, 1.807) is 54.7 Å². The minimum absolute atomic E-state index is 0.0311. The maximum Gasteiger partial charge on any atom is 0.343 e. The lowest BCUT2D eigenvalue weighted by Gasteiger charge is -2.05. The Bertz CT molecular complexity index is 976. The summed E-state index contributed by atoms with van der Waals surface area (Å²) in [5.74, 6) is 0.0515. The van der Waals surface area contributed by atoms with Crippen LogP contribution < -0.4 is 4.74 Å². The second-order valence-corrected chi connectivity index (χ2v) is 5.86. The zero-order valence-electron chi connectivity index (χ0n) is 14.5. The molecule has 3 aromatic rings. The molecule has 0 aliphatic heterocycles. The summed E-state index contributed by atoms with van der Waals surface area (Å²) in [5.41, 5.74) is 2.93. The van der Waals surface area contributed by atoms with E-state index >= 15 is 0 Å². The second kappa shape index (κ2) is 8.05. The van der Waals surface area contributed by atoms with Gasteiger partial charge < -0.3 is 4.74 Å². The second-order valence-electron chi connectivity index (χ2n) is 5.86. The molecule has 6 nitrogen and oxygen atoms in total. The van der Waals surface area contributed by atoms with E-state index in [-0.39, 0.29) is 5.69 Å². The average Bonchev–Trinajstić information content (AvgIpc) is 2.69. The van der Waals surface area contributed by atoms with Gasteiger partial charge in [0.05, 0.1) is 16.2 Å². The third-order valence-corrected chi connectivity index (χ3v) is 3.80. The van der Waals surface area contributed by atoms with Gasteiger partial charge in [-0.1, -0.05) is 17.7 Å². The number of nitrogens with zero attached hydrogens (tertiary/aromatic N) is 2. The van der Waals surface area contributed by atoms with Crippen LogP contribution in [0.5, 0.6) is 5.75 Å². The van der Waals surface area contributed by atoms with Crippen LogP contribution in [0, 0.1) is 17.0 Å². The van der Waals surface area contributed by atoms with Gasteiger partial charge in [-0.15, -0.1) is 0 Å². The maximum atomic E-state index is 12.2. The number of esters is 1. The molecule has 0 amide bonds. The van der Waals surface area contributed by atoms with E-state index in [2.05, 4.69) is 4.99 Å². The molecule has 3 rings (SSSR count). The molecule has 0 aromatic heterocycles. The molecule has 0 N–H and O–H groups in total. The number of carbonyl (C=O) groups is 1. The SMILES string of the molecule is Cc1ccc(OC(=O)c2ccc(N=Cc3ccc([N+](=O)[O-])cc3)cc2)cc1. The van der Waals surface area contributed by atoms with Crippen molar-refractivity contribution in [1.82, 2.24) is 0 Å². The van der Waals surface area contributed by atoms with Gasteiger partial charge in [0.15, 0.2) is 0 Å². The first kappa shape index (κ1) is 18.0. The summed E-state index contributed by atoms with van der Waals surface area (Å²) in [7, 11) is 0. The summed E-state index contributed by atoms with van der Waals surface area (Å²) in [6, 6.07) is 20.0. The zero-order valence-corrected chi connectivity index (χ0v) is 14.5. The van der Waals surface area contributed by atoms with E-state index < -0.39 is 10.9 Å². The highest BCUT2D eigenvalue weighted by Gasteiger charge is 2.08. The van der Waals surface area contributed by atoms with E-state index in [4.69, 9.17) is 4.74 Å². The van der Waals surface area contributed by atoms with Crippen molar-refractivity contribution in [3.05, 3.63) is 99.6 Å². The Morgan fingerprint density at radius 2 is 1.59 bits per heavy atom. The summed E-state index contributed by atoms with van der Waals surface area (Å²) in [6.45, 7) is 1.96. The molecule has 27 heavy (non-hydrogen) atoms. The number of ether oxygens (including phenoxy) is 1. The van der Waals surface area contributed by atoms with Gasteiger partial charge in [-0.25, -0.2) is 4.79 Å². The minimum atomic E-state index is -0.449. The Labute approximate surface area is 155 Å². The number of hydrogen-bond donors (Lipinski definition) is 0. The number of nitro groups is 1. The highest BCUT2D eigenvalue weighted by atomic mass is 16.6. The predicted molar refractivity (Wildman–Crippen MR) is 103 cm³/mol. The third kappa shape index (κ3) is 4.85. The molecule has 0 aliphatic rings. The molecular formula is C21H16N2O4. The molecule has 0 atom stereocenters. The third-order valence-electron chi connectivity index (χ3n) is 3.80. The molecule has 0 aliphatic carbocycles. The maximum absolute atomic E-state index is 12.2. The number of aryl methyl sites for hydroxylation is 1. The standard InChI is InChI=1S/C21H16N2O4/c1-15-2-12-20(13-3-15)27-21(24)17-6-8-18(9-7-17)22-14-16-4-10-19(11-5-16)23(25)26/h2-14H,1H3. The molecule has 3 aromatic carbocycles. The van der Waals surface area contributed by atoms with Gasteiger partial charge >= 0.3 is 5.97 Å². The molecule has 6 heteroatoms. The summed E-state index contributed by atoms with van der Waals surface area (Å²) in [5, 5.41) is 10.6. The number of non-ortho nitro benzene ring substituents is 1. The summed E-state index contributed by atoms with van der Waals surface area (Å²) >= 11 is 0. The van der Waals surface area contributed by atoms with E-state index in [0.29, 0.717) is 17.0 Å². The Morgan fingerprint density at radius 1 is 0.963 bits per heavy atom. The molecule has 134 valence electrons. The molecule has 0 spiro atoms. The lowest BCUT2D eigenvalue weighted by molar-refractivity contribution is -0.384. The largest absolute Gasteiger partial charge is 0.423 e. The number of rotatable bonds is 5. The number of aliphatic imine (C=N–C) groups is 1. The number of carbonyl (C=O) groups excluding carboxylic acids is 1. The van der Waals surface area contributed by atoms with Crippen LogP contribution in [0.25, 0.3) is 0 Å². The predicted octanol–water partition coefficient (Wildman–Crippen LogP) is 4.87. The molecular weight excluding hydrogens is 344 g/mol. The fourth-order valence-corrected chi connectivity index (χ4v) is 2.29. The minimum Gasteiger partial charge on any atom is -0.423 e. The van der Waals surface area contributed by atoms with Gasteiger partial charge in [0.1, 0.15) is 5.75 Å². The fraction of sp³-hybridized carbons (Fsp3) is 0.0476. The van der Waals surface area contributed by atoms with Crippen LogP contribution in [-0.2, 0) is 0 Å². The molecule has 0 saturated heterocycles. The Kier molecular flexibility index (Phi) is 5.37. The number of hydrogen-bond acceptors (Lipinski definition) is 5. The van der Waals surface area contributed by atoms with Crippen molar-refractivity contribution < 1.29 is 14.5 Å². The average molecular weight is 360 g/mol. The molecule has 0 radical (unpaired) electrons. The first-order valence-electron chi connectivity index (χ1n) is 8.19. The van der Waals surface area contributed by atoms with Crippen molar-refractivity contribution >= 4 is 23.6 Å². The molecule has 0 fully saturated rings. The van der Waals surface area contributed by atoms with Crippen LogP contribution >= 0.6 is 0 Å². The highest BCUT2D eigenvalue weighted by Crippen LogP contribution is 2.17. The Balaban J connectivity index is 1.64. The number of nitro benzene ring substituents is 1. The van der Waals surface area contributed by atoms with Gasteiger partial charge in [-0.05, 0) is 61.0 Å². The smallest absolute Gasteiger partial charge is 0.343 e.